The van der Waals surface area contributed by atoms with Gasteiger partial charge in [-0.25, -0.2) is 4.98 Å². The van der Waals surface area contributed by atoms with Crippen LogP contribution in [0.2, 0.25) is 0 Å². The number of anilines is 1. The van der Waals surface area contributed by atoms with Gasteiger partial charge in [0.05, 0.1) is 6.10 Å². The largest absolute Gasteiger partial charge is 0.378 e. The second kappa shape index (κ2) is 4.90. The molecule has 0 amide bonds. The Morgan fingerprint density at radius 3 is 2.76 bits per heavy atom. The van der Waals surface area contributed by atoms with E-state index in [1.807, 2.05) is 0 Å². The zero-order valence-electron chi connectivity index (χ0n) is 11.0. The fraction of sp³-hybridized carbons (Fsp3) is 0.833. The average molecular weight is 255 g/mol. The van der Waals surface area contributed by atoms with Crippen molar-refractivity contribution >= 4 is 16.7 Å². The van der Waals surface area contributed by atoms with Crippen LogP contribution in [0.15, 0.2) is 0 Å². The highest BCUT2D eigenvalue weighted by atomic mass is 32.1. The summed E-state index contributed by atoms with van der Waals surface area (Å²) in [5, 5.41) is 4.30. The van der Waals surface area contributed by atoms with Gasteiger partial charge in [-0.3, -0.25) is 0 Å². The van der Waals surface area contributed by atoms with Gasteiger partial charge in [-0.15, -0.1) is 0 Å². The summed E-state index contributed by atoms with van der Waals surface area (Å²) in [6, 6.07) is 0. The highest BCUT2D eigenvalue weighted by Crippen LogP contribution is 2.24. The molecule has 1 aliphatic heterocycles. The fourth-order valence-electron chi connectivity index (χ4n) is 1.86. The Balaban J connectivity index is 1.89. The Hall–Kier alpha value is -0.680. The van der Waals surface area contributed by atoms with E-state index in [0.29, 0.717) is 12.0 Å². The van der Waals surface area contributed by atoms with Gasteiger partial charge in [-0.1, -0.05) is 20.8 Å². The maximum absolute atomic E-state index is 5.54. The summed E-state index contributed by atoms with van der Waals surface area (Å²) in [5.74, 6) is 1.51. The molecule has 2 heterocycles. The van der Waals surface area contributed by atoms with E-state index in [1.165, 1.54) is 11.5 Å². The quantitative estimate of drug-likeness (QED) is 0.902. The first-order valence-electron chi connectivity index (χ1n) is 6.16. The number of hydrogen-bond acceptors (Lipinski definition) is 5. The molecule has 1 aromatic heterocycles. The second-order valence-electron chi connectivity index (χ2n) is 5.68. The van der Waals surface area contributed by atoms with Gasteiger partial charge in [0.1, 0.15) is 5.82 Å². The molecule has 1 aromatic rings. The van der Waals surface area contributed by atoms with E-state index >= 15 is 0 Å². The van der Waals surface area contributed by atoms with Crippen LogP contribution < -0.4 is 5.32 Å². The maximum atomic E-state index is 5.54. The third kappa shape index (κ3) is 3.16. The third-order valence-electron chi connectivity index (χ3n) is 3.15. The number of nitrogens with zero attached hydrogens (tertiary/aromatic N) is 2. The first-order valence-corrected chi connectivity index (χ1v) is 6.94. The van der Waals surface area contributed by atoms with Gasteiger partial charge < -0.3 is 10.1 Å². The monoisotopic (exact) mass is 255 g/mol. The van der Waals surface area contributed by atoms with Crippen molar-refractivity contribution in [3.8, 4) is 0 Å². The first-order chi connectivity index (χ1) is 7.97. The Morgan fingerprint density at radius 2 is 2.24 bits per heavy atom. The minimum Gasteiger partial charge on any atom is -0.378 e. The summed E-state index contributed by atoms with van der Waals surface area (Å²) < 4.78 is 9.93. The maximum Gasteiger partial charge on any atom is 0.202 e. The molecular weight excluding hydrogens is 234 g/mol. The molecule has 1 saturated heterocycles. The Kier molecular flexibility index (Phi) is 3.68. The molecule has 96 valence electrons. The van der Waals surface area contributed by atoms with Gasteiger partial charge in [0.15, 0.2) is 0 Å². The lowest BCUT2D eigenvalue weighted by Gasteiger charge is -2.14. The molecule has 17 heavy (non-hydrogen) atoms. The van der Waals surface area contributed by atoms with Crippen molar-refractivity contribution in [1.82, 2.24) is 9.36 Å². The molecule has 0 aliphatic carbocycles. The predicted molar refractivity (Wildman–Crippen MR) is 70.6 cm³/mol. The van der Waals surface area contributed by atoms with Crippen LogP contribution in [0.5, 0.6) is 0 Å². The summed E-state index contributed by atoms with van der Waals surface area (Å²) in [5.41, 5.74) is 0.0280. The topological polar surface area (TPSA) is 47.0 Å². The summed E-state index contributed by atoms with van der Waals surface area (Å²) >= 11 is 1.45. The molecule has 2 unspecified atom stereocenters. The van der Waals surface area contributed by atoms with Crippen molar-refractivity contribution in [3.63, 3.8) is 0 Å². The lowest BCUT2D eigenvalue weighted by atomic mass is 9.96. The van der Waals surface area contributed by atoms with E-state index in [4.69, 9.17) is 4.74 Å². The Labute approximate surface area is 107 Å². The summed E-state index contributed by atoms with van der Waals surface area (Å²) in [6.45, 7) is 10.3. The standard InChI is InChI=1S/C12H21N3OS/c1-8-9(5-6-16-8)7-13-11-14-10(15-17-11)12(2,3)4/h8-9H,5-7H2,1-4H3,(H,13,14,15). The van der Waals surface area contributed by atoms with Gasteiger partial charge in [-0.2, -0.15) is 4.37 Å². The van der Waals surface area contributed by atoms with Crippen molar-refractivity contribution < 1.29 is 4.74 Å². The minimum absolute atomic E-state index is 0.0280. The van der Waals surface area contributed by atoms with Gasteiger partial charge in [0, 0.05) is 36.0 Å². The average Bonchev–Trinajstić information content (AvgIpc) is 2.82. The van der Waals surface area contributed by atoms with Crippen LogP contribution in [0.25, 0.3) is 0 Å². The number of hydrogen-bond donors (Lipinski definition) is 1. The highest BCUT2D eigenvalue weighted by Gasteiger charge is 2.24. The molecule has 0 saturated carbocycles. The molecule has 2 rings (SSSR count). The smallest absolute Gasteiger partial charge is 0.202 e. The molecule has 0 radical (unpaired) electrons. The van der Waals surface area contributed by atoms with E-state index in [9.17, 15) is 0 Å². The van der Waals surface area contributed by atoms with Crippen LogP contribution >= 0.6 is 11.5 Å². The van der Waals surface area contributed by atoms with Gasteiger partial charge in [0.2, 0.25) is 5.13 Å². The zero-order valence-corrected chi connectivity index (χ0v) is 11.8. The predicted octanol–water partition coefficient (Wildman–Crippen LogP) is 2.67. The van der Waals surface area contributed by atoms with Crippen molar-refractivity contribution in [2.24, 2.45) is 5.92 Å². The normalized spacial score (nSPS) is 25.2. The second-order valence-corrected chi connectivity index (χ2v) is 6.43. The Morgan fingerprint density at radius 1 is 1.47 bits per heavy atom. The van der Waals surface area contributed by atoms with Crippen molar-refractivity contribution in [3.05, 3.63) is 5.82 Å². The lowest BCUT2D eigenvalue weighted by molar-refractivity contribution is 0.108. The van der Waals surface area contributed by atoms with Crippen molar-refractivity contribution in [2.75, 3.05) is 18.5 Å². The number of ether oxygens (including phenoxy) is 1. The number of rotatable bonds is 3. The van der Waals surface area contributed by atoms with Crippen LogP contribution in [-0.2, 0) is 10.2 Å². The zero-order chi connectivity index (χ0) is 12.5. The molecule has 5 heteroatoms. The molecule has 1 aliphatic rings. The number of nitrogens with one attached hydrogen (secondary N) is 1. The molecule has 4 nitrogen and oxygen atoms in total. The molecule has 0 aromatic carbocycles. The van der Waals surface area contributed by atoms with Crippen LogP contribution in [0.1, 0.15) is 39.9 Å². The fourth-order valence-corrected chi connectivity index (χ4v) is 2.63. The van der Waals surface area contributed by atoms with Gasteiger partial charge in [-0.05, 0) is 13.3 Å². The molecule has 1 N–H and O–H groups in total. The molecule has 2 atom stereocenters. The van der Waals surface area contributed by atoms with Crippen LogP contribution in [0, 0.1) is 5.92 Å². The summed E-state index contributed by atoms with van der Waals surface area (Å²) in [4.78, 5) is 4.52. The molecular formula is C12H21N3OS. The van der Waals surface area contributed by atoms with Crippen LogP contribution in [-0.4, -0.2) is 28.6 Å². The minimum atomic E-state index is 0.0280. The van der Waals surface area contributed by atoms with Gasteiger partial charge in [0.25, 0.3) is 0 Å². The van der Waals surface area contributed by atoms with E-state index in [-0.39, 0.29) is 5.41 Å². The molecule has 0 bridgehead atoms. The summed E-state index contributed by atoms with van der Waals surface area (Å²) in [7, 11) is 0. The third-order valence-corrected chi connectivity index (χ3v) is 3.82. The van der Waals surface area contributed by atoms with Crippen molar-refractivity contribution in [2.45, 2.75) is 45.6 Å². The van der Waals surface area contributed by atoms with E-state index in [1.54, 1.807) is 0 Å². The van der Waals surface area contributed by atoms with Gasteiger partial charge >= 0.3 is 0 Å². The highest BCUT2D eigenvalue weighted by molar-refractivity contribution is 7.09. The molecule has 1 fully saturated rings. The SMILES string of the molecule is CC1OCCC1CNc1nc(C(C)(C)C)ns1. The van der Waals surface area contributed by atoms with Crippen LogP contribution in [0.4, 0.5) is 5.13 Å². The van der Waals surface area contributed by atoms with Crippen molar-refractivity contribution in [1.29, 1.82) is 0 Å². The Bertz CT molecular complexity index is 372. The molecule has 0 spiro atoms. The van der Waals surface area contributed by atoms with E-state index in [0.717, 1.165) is 30.5 Å². The first kappa shape index (κ1) is 12.8. The summed E-state index contributed by atoms with van der Waals surface area (Å²) in [6.07, 6.45) is 1.50. The number of aromatic nitrogens is 2. The lowest BCUT2D eigenvalue weighted by Crippen LogP contribution is -2.20. The van der Waals surface area contributed by atoms with E-state index < -0.39 is 0 Å². The van der Waals surface area contributed by atoms with E-state index in [2.05, 4.69) is 42.4 Å². The van der Waals surface area contributed by atoms with Crippen LogP contribution in [0.3, 0.4) is 0 Å².